The first-order valence-corrected chi connectivity index (χ1v) is 8.87. The summed E-state index contributed by atoms with van der Waals surface area (Å²) < 4.78 is 11.4. The minimum absolute atomic E-state index is 0.0115. The molecule has 2 aromatic rings. The fourth-order valence-electron chi connectivity index (χ4n) is 3.13. The topological polar surface area (TPSA) is 74.9 Å². The second kappa shape index (κ2) is 7.64. The third-order valence-electron chi connectivity index (χ3n) is 4.55. The van der Waals surface area contributed by atoms with Crippen LogP contribution in [-0.4, -0.2) is 48.9 Å². The maximum absolute atomic E-state index is 12.7. The third kappa shape index (κ3) is 3.76. The van der Waals surface area contributed by atoms with Crippen molar-refractivity contribution < 1.29 is 19.1 Å². The monoisotopic (exact) mass is 366 g/mol. The molecule has 1 aromatic heterocycles. The highest BCUT2D eigenvalue weighted by molar-refractivity contribution is 6.32. The molecule has 0 saturated carbocycles. The van der Waals surface area contributed by atoms with Gasteiger partial charge in [0.15, 0.2) is 5.58 Å². The van der Waals surface area contributed by atoms with Crippen molar-refractivity contribution in [3.8, 4) is 0 Å². The van der Waals surface area contributed by atoms with Crippen LogP contribution in [0.5, 0.6) is 0 Å². The fourth-order valence-corrected chi connectivity index (χ4v) is 3.35. The van der Waals surface area contributed by atoms with Gasteiger partial charge in [0.2, 0.25) is 0 Å². The van der Waals surface area contributed by atoms with Gasteiger partial charge in [-0.2, -0.15) is 0 Å². The molecule has 2 heterocycles. The lowest BCUT2D eigenvalue weighted by Gasteiger charge is -2.23. The molecule has 7 heteroatoms. The number of nitrogens with zero attached hydrogens (tertiary/aromatic N) is 1. The first kappa shape index (κ1) is 18.0. The van der Waals surface area contributed by atoms with Crippen LogP contribution in [0.3, 0.4) is 0 Å². The molecule has 0 bridgehead atoms. The normalized spacial score (nSPS) is 18.4. The van der Waals surface area contributed by atoms with E-state index in [0.29, 0.717) is 42.6 Å². The molecule has 1 aromatic carbocycles. The molecule has 0 spiro atoms. The van der Waals surface area contributed by atoms with Gasteiger partial charge in [-0.1, -0.05) is 18.5 Å². The fraction of sp³-hybridized carbons (Fsp3) is 0.500. The Balaban J connectivity index is 1.87. The largest absolute Gasteiger partial charge is 0.459 e. The molecule has 6 nitrogen and oxygen atoms in total. The number of carbonyl (C=O) groups excluding carboxylic acids is 1. The minimum atomic E-state index is -0.250. The summed E-state index contributed by atoms with van der Waals surface area (Å²) in [5.41, 5.74) is 2.23. The van der Waals surface area contributed by atoms with E-state index in [1.165, 1.54) is 0 Å². The van der Waals surface area contributed by atoms with E-state index in [1.807, 2.05) is 19.9 Å². The molecule has 1 fully saturated rings. The van der Waals surface area contributed by atoms with Crippen molar-refractivity contribution in [2.75, 3.05) is 38.2 Å². The molecule has 3 rings (SSSR count). The quantitative estimate of drug-likeness (QED) is 0.872. The van der Waals surface area contributed by atoms with E-state index >= 15 is 0 Å². The summed E-state index contributed by atoms with van der Waals surface area (Å²) in [5, 5.41) is 13.7. The van der Waals surface area contributed by atoms with Gasteiger partial charge < -0.3 is 24.5 Å². The maximum Gasteiger partial charge on any atom is 0.322 e. The van der Waals surface area contributed by atoms with Crippen molar-refractivity contribution in [1.29, 1.82) is 0 Å². The number of carbonyl (C=O) groups is 1. The Labute approximate surface area is 151 Å². The molecule has 136 valence electrons. The SMILES string of the molecule is CCc1oc2c(NC(=O)N3CCOC[C@H](CO)C3)cc(Cl)cc2c1C. The van der Waals surface area contributed by atoms with Gasteiger partial charge in [-0.15, -0.1) is 0 Å². The van der Waals surface area contributed by atoms with Gasteiger partial charge >= 0.3 is 6.03 Å². The first-order chi connectivity index (χ1) is 12.0. The summed E-state index contributed by atoms with van der Waals surface area (Å²) in [6, 6.07) is 3.30. The Morgan fingerprint density at radius 3 is 3.00 bits per heavy atom. The van der Waals surface area contributed by atoms with Gasteiger partial charge in [0.1, 0.15) is 5.76 Å². The van der Waals surface area contributed by atoms with Gasteiger partial charge in [-0.3, -0.25) is 0 Å². The summed E-state index contributed by atoms with van der Waals surface area (Å²) in [6.45, 7) is 5.84. The summed E-state index contributed by atoms with van der Waals surface area (Å²) in [7, 11) is 0. The lowest BCUT2D eigenvalue weighted by atomic mass is 10.1. The molecular formula is C18H23ClN2O4. The third-order valence-corrected chi connectivity index (χ3v) is 4.77. The number of hydrogen-bond acceptors (Lipinski definition) is 4. The number of ether oxygens (including phenoxy) is 1. The van der Waals surface area contributed by atoms with E-state index in [4.69, 9.17) is 20.8 Å². The molecule has 1 atom stereocenters. The Morgan fingerprint density at radius 1 is 1.48 bits per heavy atom. The lowest BCUT2D eigenvalue weighted by Crippen LogP contribution is -2.39. The van der Waals surface area contributed by atoms with Crippen LogP contribution >= 0.6 is 11.6 Å². The summed E-state index contributed by atoms with van der Waals surface area (Å²) in [5.74, 6) is 0.807. The van der Waals surface area contributed by atoms with Crippen molar-refractivity contribution in [1.82, 2.24) is 4.90 Å². The Bertz CT molecular complexity index is 774. The van der Waals surface area contributed by atoms with Crippen LogP contribution in [0, 0.1) is 12.8 Å². The van der Waals surface area contributed by atoms with Gasteiger partial charge in [0.05, 0.1) is 18.9 Å². The minimum Gasteiger partial charge on any atom is -0.459 e. The standard InChI is InChI=1S/C18H23ClN2O4/c1-3-16-11(2)14-6-13(19)7-15(17(14)25-16)20-18(23)21-4-5-24-10-12(8-21)9-22/h6-7,12,22H,3-5,8-10H2,1-2H3,(H,20,23)/t12-/m0/s1. The maximum atomic E-state index is 12.7. The molecule has 1 aliphatic rings. The van der Waals surface area contributed by atoms with E-state index in [0.717, 1.165) is 23.1 Å². The zero-order valence-corrected chi connectivity index (χ0v) is 15.2. The summed E-state index contributed by atoms with van der Waals surface area (Å²) in [6.07, 6.45) is 0.771. The van der Waals surface area contributed by atoms with Gasteiger partial charge in [-0.25, -0.2) is 4.79 Å². The van der Waals surface area contributed by atoms with Crippen LogP contribution in [0.1, 0.15) is 18.2 Å². The van der Waals surface area contributed by atoms with Crippen LogP contribution in [0.25, 0.3) is 11.0 Å². The van der Waals surface area contributed by atoms with Crippen molar-refractivity contribution in [3.63, 3.8) is 0 Å². The number of nitrogens with one attached hydrogen (secondary N) is 1. The highest BCUT2D eigenvalue weighted by Crippen LogP contribution is 2.34. The van der Waals surface area contributed by atoms with Crippen LogP contribution in [-0.2, 0) is 11.2 Å². The number of aryl methyl sites for hydroxylation is 2. The number of hydrogen-bond donors (Lipinski definition) is 2. The van der Waals surface area contributed by atoms with Crippen molar-refractivity contribution in [2.24, 2.45) is 5.92 Å². The Morgan fingerprint density at radius 2 is 2.28 bits per heavy atom. The number of amides is 2. The summed E-state index contributed by atoms with van der Waals surface area (Å²) >= 11 is 6.23. The number of furan rings is 1. The highest BCUT2D eigenvalue weighted by Gasteiger charge is 2.23. The predicted molar refractivity (Wildman–Crippen MR) is 97.3 cm³/mol. The molecule has 2 N–H and O–H groups in total. The van der Waals surface area contributed by atoms with Crippen LogP contribution in [0.15, 0.2) is 16.5 Å². The number of urea groups is 1. The smallest absolute Gasteiger partial charge is 0.322 e. The van der Waals surface area contributed by atoms with Crippen molar-refractivity contribution >= 4 is 34.3 Å². The molecule has 0 aliphatic carbocycles. The molecule has 1 saturated heterocycles. The molecule has 25 heavy (non-hydrogen) atoms. The first-order valence-electron chi connectivity index (χ1n) is 8.49. The molecule has 0 unspecified atom stereocenters. The van der Waals surface area contributed by atoms with Gasteiger partial charge in [-0.05, 0) is 24.6 Å². The summed E-state index contributed by atoms with van der Waals surface area (Å²) in [4.78, 5) is 14.3. The molecule has 1 aliphatic heterocycles. The number of benzene rings is 1. The van der Waals surface area contributed by atoms with E-state index in [9.17, 15) is 9.90 Å². The average molecular weight is 367 g/mol. The number of halogens is 1. The predicted octanol–water partition coefficient (Wildman–Crippen LogP) is 3.43. The molecule has 0 radical (unpaired) electrons. The second-order valence-electron chi connectivity index (χ2n) is 6.33. The molecular weight excluding hydrogens is 344 g/mol. The second-order valence-corrected chi connectivity index (χ2v) is 6.77. The Hall–Kier alpha value is -1.76. The van der Waals surface area contributed by atoms with Crippen LogP contribution < -0.4 is 5.32 Å². The number of rotatable bonds is 3. The van der Waals surface area contributed by atoms with Gasteiger partial charge in [0.25, 0.3) is 0 Å². The van der Waals surface area contributed by atoms with Crippen molar-refractivity contribution in [3.05, 3.63) is 28.5 Å². The average Bonchev–Trinajstić information content (AvgIpc) is 2.78. The van der Waals surface area contributed by atoms with E-state index < -0.39 is 0 Å². The van der Waals surface area contributed by atoms with E-state index in [2.05, 4.69) is 5.32 Å². The van der Waals surface area contributed by atoms with Crippen LogP contribution in [0.2, 0.25) is 5.02 Å². The van der Waals surface area contributed by atoms with Gasteiger partial charge in [0, 0.05) is 42.4 Å². The van der Waals surface area contributed by atoms with E-state index in [-0.39, 0.29) is 18.6 Å². The number of aliphatic hydroxyl groups excluding tert-OH is 1. The zero-order chi connectivity index (χ0) is 18.0. The molecule has 2 amide bonds. The zero-order valence-electron chi connectivity index (χ0n) is 14.5. The number of fused-ring (bicyclic) bond motifs is 1. The lowest BCUT2D eigenvalue weighted by molar-refractivity contribution is 0.0958. The van der Waals surface area contributed by atoms with E-state index in [1.54, 1.807) is 11.0 Å². The van der Waals surface area contributed by atoms with Crippen LogP contribution in [0.4, 0.5) is 10.5 Å². The number of aliphatic hydroxyl groups is 1. The Kier molecular flexibility index (Phi) is 5.51. The number of anilines is 1. The highest BCUT2D eigenvalue weighted by atomic mass is 35.5. The van der Waals surface area contributed by atoms with Crippen molar-refractivity contribution in [2.45, 2.75) is 20.3 Å².